The Bertz CT molecular complexity index is 568. The average molecular weight is 233 g/mol. The van der Waals surface area contributed by atoms with Crippen LogP contribution in [0.1, 0.15) is 5.82 Å². The molecule has 1 aromatic carbocycles. The summed E-state index contributed by atoms with van der Waals surface area (Å²) in [5.41, 5.74) is 12.5. The first kappa shape index (κ1) is 11.3. The van der Waals surface area contributed by atoms with E-state index in [1.165, 1.54) is 0 Å². The number of hydrogen-bond acceptors (Lipinski definition) is 3. The zero-order valence-electron chi connectivity index (χ0n) is 9.84. The van der Waals surface area contributed by atoms with E-state index in [4.69, 9.17) is 16.2 Å². The van der Waals surface area contributed by atoms with Gasteiger partial charge in [-0.15, -0.1) is 0 Å². The number of aryl methyl sites for hydroxylation is 1. The number of aromatic nitrogens is 2. The van der Waals surface area contributed by atoms with Crippen molar-refractivity contribution >= 4 is 17.0 Å². The summed E-state index contributed by atoms with van der Waals surface area (Å²) < 4.78 is 7.11. The van der Waals surface area contributed by atoms with Gasteiger partial charge in [0.15, 0.2) is 5.96 Å². The molecule has 0 saturated carbocycles. The minimum Gasteiger partial charge on any atom is -0.497 e. The van der Waals surface area contributed by atoms with Crippen LogP contribution in [0.3, 0.4) is 0 Å². The number of ether oxygens (including phenoxy) is 1. The zero-order valence-corrected chi connectivity index (χ0v) is 9.84. The largest absolute Gasteiger partial charge is 0.497 e. The van der Waals surface area contributed by atoms with Gasteiger partial charge < -0.3 is 20.8 Å². The zero-order chi connectivity index (χ0) is 12.4. The molecule has 6 heteroatoms. The Morgan fingerprint density at radius 3 is 2.88 bits per heavy atom. The van der Waals surface area contributed by atoms with Gasteiger partial charge in [-0.25, -0.2) is 9.98 Å². The maximum Gasteiger partial charge on any atom is 0.186 e. The first-order chi connectivity index (χ1) is 8.11. The van der Waals surface area contributed by atoms with Crippen molar-refractivity contribution in [1.29, 1.82) is 0 Å². The van der Waals surface area contributed by atoms with Gasteiger partial charge in [-0.1, -0.05) is 0 Å². The number of nitrogens with two attached hydrogens (primary N) is 2. The normalized spacial score (nSPS) is 10.5. The number of nitrogens with zero attached hydrogens (tertiary/aromatic N) is 3. The second-order valence-corrected chi connectivity index (χ2v) is 3.68. The molecule has 0 aliphatic rings. The van der Waals surface area contributed by atoms with Crippen molar-refractivity contribution in [3.8, 4) is 5.75 Å². The Morgan fingerprint density at radius 2 is 2.24 bits per heavy atom. The van der Waals surface area contributed by atoms with Crippen LogP contribution in [-0.4, -0.2) is 22.6 Å². The van der Waals surface area contributed by atoms with Gasteiger partial charge in [-0.3, -0.25) is 0 Å². The van der Waals surface area contributed by atoms with Crippen molar-refractivity contribution in [2.45, 2.75) is 6.54 Å². The maximum absolute atomic E-state index is 5.30. The van der Waals surface area contributed by atoms with E-state index in [1.807, 2.05) is 29.8 Å². The molecule has 0 aliphatic carbocycles. The molecule has 1 aromatic heterocycles. The summed E-state index contributed by atoms with van der Waals surface area (Å²) in [5.74, 6) is 1.65. The van der Waals surface area contributed by atoms with Crippen LogP contribution in [0, 0.1) is 0 Å². The number of imidazole rings is 1. The first-order valence-electron chi connectivity index (χ1n) is 5.16. The highest BCUT2D eigenvalue weighted by molar-refractivity contribution is 5.78. The lowest BCUT2D eigenvalue weighted by atomic mass is 10.3. The molecule has 0 fully saturated rings. The number of hydrogen-bond donors (Lipinski definition) is 2. The van der Waals surface area contributed by atoms with Crippen molar-refractivity contribution in [3.05, 3.63) is 24.0 Å². The number of methoxy groups -OCH3 is 1. The standard InChI is InChI=1S/C11H15N5O/c1-16-9-4-3-7(17-2)5-8(9)15-10(16)6-14-11(12)13/h3-5H,6H2,1-2H3,(H4,12,13,14). The van der Waals surface area contributed by atoms with Gasteiger partial charge in [-0.05, 0) is 12.1 Å². The van der Waals surface area contributed by atoms with E-state index in [0.717, 1.165) is 22.6 Å². The second-order valence-electron chi connectivity index (χ2n) is 3.68. The molecule has 0 amide bonds. The molecule has 2 rings (SSSR count). The SMILES string of the molecule is COc1ccc2c(c1)nc(CN=C(N)N)n2C. The van der Waals surface area contributed by atoms with Crippen LogP contribution in [0.25, 0.3) is 11.0 Å². The average Bonchev–Trinajstić information content (AvgIpc) is 2.63. The molecule has 0 bridgehead atoms. The summed E-state index contributed by atoms with van der Waals surface area (Å²) in [6.45, 7) is 0.371. The first-order valence-corrected chi connectivity index (χ1v) is 5.16. The van der Waals surface area contributed by atoms with E-state index in [0.29, 0.717) is 6.54 Å². The van der Waals surface area contributed by atoms with Crippen LogP contribution >= 0.6 is 0 Å². The quantitative estimate of drug-likeness (QED) is 0.591. The maximum atomic E-state index is 5.30. The summed E-state index contributed by atoms with van der Waals surface area (Å²) in [6, 6.07) is 5.74. The van der Waals surface area contributed by atoms with Crippen LogP contribution in [-0.2, 0) is 13.6 Å². The lowest BCUT2D eigenvalue weighted by Gasteiger charge is -2.00. The molecule has 0 radical (unpaired) electrons. The Labute approximate surface area is 98.9 Å². The predicted molar refractivity (Wildman–Crippen MR) is 66.8 cm³/mol. The molecular weight excluding hydrogens is 218 g/mol. The van der Waals surface area contributed by atoms with E-state index in [1.54, 1.807) is 7.11 Å². The van der Waals surface area contributed by atoms with E-state index in [-0.39, 0.29) is 5.96 Å². The van der Waals surface area contributed by atoms with Gasteiger partial charge in [0.05, 0.1) is 18.1 Å². The van der Waals surface area contributed by atoms with Crippen LogP contribution in [0.15, 0.2) is 23.2 Å². The van der Waals surface area contributed by atoms with E-state index < -0.39 is 0 Å². The summed E-state index contributed by atoms with van der Waals surface area (Å²) in [5, 5.41) is 0. The van der Waals surface area contributed by atoms with Crippen molar-refractivity contribution in [2.24, 2.45) is 23.5 Å². The molecule has 6 nitrogen and oxygen atoms in total. The van der Waals surface area contributed by atoms with E-state index in [9.17, 15) is 0 Å². The molecule has 0 atom stereocenters. The van der Waals surface area contributed by atoms with Crippen LogP contribution in [0.4, 0.5) is 0 Å². The van der Waals surface area contributed by atoms with Crippen LogP contribution in [0.2, 0.25) is 0 Å². The van der Waals surface area contributed by atoms with E-state index in [2.05, 4.69) is 9.98 Å². The number of aliphatic imine (C=N–C) groups is 1. The van der Waals surface area contributed by atoms with Gasteiger partial charge in [0, 0.05) is 13.1 Å². The molecule has 17 heavy (non-hydrogen) atoms. The minimum atomic E-state index is 0.0645. The van der Waals surface area contributed by atoms with Gasteiger partial charge in [0.1, 0.15) is 18.1 Å². The minimum absolute atomic E-state index is 0.0645. The summed E-state index contributed by atoms with van der Waals surface area (Å²) in [6.07, 6.45) is 0. The number of guanidine groups is 1. The fourth-order valence-electron chi connectivity index (χ4n) is 1.66. The Balaban J connectivity index is 2.45. The molecule has 1 heterocycles. The molecule has 4 N–H and O–H groups in total. The third kappa shape index (κ3) is 2.15. The smallest absolute Gasteiger partial charge is 0.186 e. The lowest BCUT2D eigenvalue weighted by Crippen LogP contribution is -2.22. The molecule has 0 saturated heterocycles. The van der Waals surface area contributed by atoms with Crippen molar-refractivity contribution in [3.63, 3.8) is 0 Å². The molecule has 2 aromatic rings. The summed E-state index contributed by atoms with van der Waals surface area (Å²) in [4.78, 5) is 8.41. The topological polar surface area (TPSA) is 91.4 Å². The number of benzene rings is 1. The van der Waals surface area contributed by atoms with Crippen molar-refractivity contribution in [1.82, 2.24) is 9.55 Å². The lowest BCUT2D eigenvalue weighted by molar-refractivity contribution is 0.415. The van der Waals surface area contributed by atoms with Gasteiger partial charge in [0.25, 0.3) is 0 Å². The molecule has 0 aliphatic heterocycles. The Morgan fingerprint density at radius 1 is 1.47 bits per heavy atom. The monoisotopic (exact) mass is 233 g/mol. The van der Waals surface area contributed by atoms with Crippen molar-refractivity contribution < 1.29 is 4.74 Å². The molecular formula is C11H15N5O. The van der Waals surface area contributed by atoms with E-state index >= 15 is 0 Å². The summed E-state index contributed by atoms with van der Waals surface area (Å²) >= 11 is 0. The highest BCUT2D eigenvalue weighted by Crippen LogP contribution is 2.21. The van der Waals surface area contributed by atoms with Crippen molar-refractivity contribution in [2.75, 3.05) is 7.11 Å². The second kappa shape index (κ2) is 4.32. The fraction of sp³-hybridized carbons (Fsp3) is 0.273. The van der Waals surface area contributed by atoms with Gasteiger partial charge >= 0.3 is 0 Å². The molecule has 0 spiro atoms. The molecule has 0 unspecified atom stereocenters. The number of rotatable bonds is 3. The highest BCUT2D eigenvalue weighted by atomic mass is 16.5. The predicted octanol–water partition coefficient (Wildman–Crippen LogP) is 0.355. The van der Waals surface area contributed by atoms with Crippen LogP contribution in [0.5, 0.6) is 5.75 Å². The Kier molecular flexibility index (Phi) is 2.86. The third-order valence-corrected chi connectivity index (χ3v) is 2.58. The van der Waals surface area contributed by atoms with Crippen LogP contribution < -0.4 is 16.2 Å². The fourth-order valence-corrected chi connectivity index (χ4v) is 1.66. The van der Waals surface area contributed by atoms with Gasteiger partial charge in [0.2, 0.25) is 0 Å². The molecule has 90 valence electrons. The Hall–Kier alpha value is -2.24. The number of fused-ring (bicyclic) bond motifs is 1. The highest BCUT2D eigenvalue weighted by Gasteiger charge is 2.07. The van der Waals surface area contributed by atoms with Gasteiger partial charge in [-0.2, -0.15) is 0 Å². The third-order valence-electron chi connectivity index (χ3n) is 2.58. The summed E-state index contributed by atoms with van der Waals surface area (Å²) in [7, 11) is 3.56.